The zero-order valence-electron chi connectivity index (χ0n) is 14.5. The second-order valence-corrected chi connectivity index (χ2v) is 8.74. The fourth-order valence-electron chi connectivity index (χ4n) is 2.89. The maximum Gasteiger partial charge on any atom is 0.271 e. The molecule has 1 amide bonds. The second kappa shape index (κ2) is 7.28. The lowest BCUT2D eigenvalue weighted by Gasteiger charge is -2.37. The van der Waals surface area contributed by atoms with Crippen molar-refractivity contribution in [1.29, 1.82) is 0 Å². The molecule has 0 radical (unpaired) electrons. The Bertz CT molecular complexity index is 961. The first-order valence-corrected chi connectivity index (χ1v) is 10.0. The number of nitrogens with one attached hydrogen (secondary N) is 1. The number of carbonyl (C=O) groups excluding carboxylic acids is 1. The van der Waals surface area contributed by atoms with Crippen molar-refractivity contribution >= 4 is 40.4 Å². The lowest BCUT2D eigenvalue weighted by atomic mass is 9.89. The molecule has 1 aliphatic rings. The number of thiophene rings is 1. The van der Waals surface area contributed by atoms with E-state index in [0.29, 0.717) is 41.2 Å². The molecule has 3 aromatic rings. The van der Waals surface area contributed by atoms with Gasteiger partial charge in [0.2, 0.25) is 0 Å². The van der Waals surface area contributed by atoms with Gasteiger partial charge in [-0.1, -0.05) is 36.2 Å². The summed E-state index contributed by atoms with van der Waals surface area (Å²) >= 11 is 13.9. The highest BCUT2D eigenvalue weighted by Gasteiger charge is 2.34. The third-order valence-corrected chi connectivity index (χ3v) is 5.71. The monoisotopic (exact) mass is 421 g/mol. The standard InChI is InChI=1S/C19H17Cl2N3O2S/c1-19(10-26-11-19)9-22-18(25)15-8-16(17-3-2-4-27-17)24(23-15)14-6-12(20)5-13(21)7-14/h2-8H,9-11H2,1H3,(H,22,25). The SMILES string of the molecule is CC1(CNC(=O)c2cc(-c3cccs3)n(-c3cc(Cl)cc(Cl)c3)n2)COC1. The molecule has 1 fully saturated rings. The summed E-state index contributed by atoms with van der Waals surface area (Å²) in [6.45, 7) is 3.95. The van der Waals surface area contributed by atoms with Gasteiger partial charge in [-0.15, -0.1) is 11.3 Å². The van der Waals surface area contributed by atoms with Crippen molar-refractivity contribution in [2.45, 2.75) is 6.92 Å². The smallest absolute Gasteiger partial charge is 0.271 e. The highest BCUT2D eigenvalue weighted by Crippen LogP contribution is 2.30. The van der Waals surface area contributed by atoms with Crippen LogP contribution < -0.4 is 5.32 Å². The summed E-state index contributed by atoms with van der Waals surface area (Å²) in [5.74, 6) is -0.215. The minimum atomic E-state index is -0.215. The Morgan fingerprint density at radius 1 is 1.30 bits per heavy atom. The number of hydrogen-bond acceptors (Lipinski definition) is 4. The number of amides is 1. The summed E-state index contributed by atoms with van der Waals surface area (Å²) < 4.78 is 6.93. The molecule has 0 bridgehead atoms. The Kier molecular flexibility index (Phi) is 4.99. The number of hydrogen-bond donors (Lipinski definition) is 1. The molecule has 8 heteroatoms. The van der Waals surface area contributed by atoms with Crippen LogP contribution in [0.2, 0.25) is 10.0 Å². The van der Waals surface area contributed by atoms with Crippen LogP contribution >= 0.6 is 34.5 Å². The van der Waals surface area contributed by atoms with Gasteiger partial charge < -0.3 is 10.1 Å². The summed E-state index contributed by atoms with van der Waals surface area (Å²) in [6, 6.07) is 10.9. The van der Waals surface area contributed by atoms with Crippen molar-refractivity contribution in [2.24, 2.45) is 5.41 Å². The van der Waals surface area contributed by atoms with Crippen LogP contribution in [0.25, 0.3) is 16.3 Å². The topological polar surface area (TPSA) is 56.2 Å². The molecular formula is C19H17Cl2N3O2S. The molecule has 1 aromatic carbocycles. The Hall–Kier alpha value is -1.86. The van der Waals surface area contributed by atoms with Gasteiger partial charge in [-0.05, 0) is 35.7 Å². The van der Waals surface area contributed by atoms with Crippen molar-refractivity contribution in [1.82, 2.24) is 15.1 Å². The second-order valence-electron chi connectivity index (χ2n) is 6.92. The molecule has 4 rings (SSSR count). The van der Waals surface area contributed by atoms with Crippen LogP contribution in [0.4, 0.5) is 0 Å². The fraction of sp³-hybridized carbons (Fsp3) is 0.263. The Morgan fingerprint density at radius 2 is 2.04 bits per heavy atom. The van der Waals surface area contributed by atoms with Crippen molar-refractivity contribution in [2.75, 3.05) is 19.8 Å². The van der Waals surface area contributed by atoms with E-state index < -0.39 is 0 Å². The molecular weight excluding hydrogens is 405 g/mol. The number of halogens is 2. The van der Waals surface area contributed by atoms with Crippen molar-refractivity contribution in [3.8, 4) is 16.3 Å². The molecule has 0 aliphatic carbocycles. The average molecular weight is 422 g/mol. The molecule has 1 saturated heterocycles. The highest BCUT2D eigenvalue weighted by molar-refractivity contribution is 7.13. The molecule has 0 atom stereocenters. The van der Waals surface area contributed by atoms with Crippen LogP contribution in [0.3, 0.4) is 0 Å². The van der Waals surface area contributed by atoms with Gasteiger partial charge in [0, 0.05) is 22.0 Å². The summed E-state index contributed by atoms with van der Waals surface area (Å²) in [7, 11) is 0. The summed E-state index contributed by atoms with van der Waals surface area (Å²) in [6.07, 6.45) is 0. The van der Waals surface area contributed by atoms with Gasteiger partial charge in [0.15, 0.2) is 5.69 Å². The predicted octanol–water partition coefficient (Wildman–Crippen LogP) is 4.67. The number of rotatable bonds is 5. The average Bonchev–Trinajstić information content (AvgIpc) is 3.26. The number of ether oxygens (including phenoxy) is 1. The first-order chi connectivity index (χ1) is 12.9. The predicted molar refractivity (Wildman–Crippen MR) is 108 cm³/mol. The van der Waals surface area contributed by atoms with Gasteiger partial charge in [0.25, 0.3) is 5.91 Å². The number of aromatic nitrogens is 2. The molecule has 2 aromatic heterocycles. The van der Waals surface area contributed by atoms with E-state index in [0.717, 1.165) is 10.6 Å². The van der Waals surface area contributed by atoms with Crippen LogP contribution in [-0.4, -0.2) is 35.4 Å². The van der Waals surface area contributed by atoms with Gasteiger partial charge in [-0.3, -0.25) is 4.79 Å². The van der Waals surface area contributed by atoms with E-state index in [4.69, 9.17) is 27.9 Å². The highest BCUT2D eigenvalue weighted by atomic mass is 35.5. The van der Waals surface area contributed by atoms with Crippen LogP contribution in [0.1, 0.15) is 17.4 Å². The lowest BCUT2D eigenvalue weighted by molar-refractivity contribution is -0.0978. The van der Waals surface area contributed by atoms with Crippen LogP contribution in [0.15, 0.2) is 41.8 Å². The number of carbonyl (C=O) groups is 1. The molecule has 140 valence electrons. The van der Waals surface area contributed by atoms with Gasteiger partial charge in [-0.2, -0.15) is 5.10 Å². The number of benzene rings is 1. The third kappa shape index (κ3) is 3.89. The maximum absolute atomic E-state index is 12.7. The largest absolute Gasteiger partial charge is 0.380 e. The normalized spacial score (nSPS) is 15.4. The molecule has 0 spiro atoms. The van der Waals surface area contributed by atoms with Gasteiger partial charge >= 0.3 is 0 Å². The zero-order valence-corrected chi connectivity index (χ0v) is 16.9. The first kappa shape index (κ1) is 18.5. The van der Waals surface area contributed by atoms with Gasteiger partial charge in [-0.25, -0.2) is 4.68 Å². The Labute approximate surface area is 170 Å². The lowest BCUT2D eigenvalue weighted by Crippen LogP contribution is -2.48. The Morgan fingerprint density at radius 3 is 2.63 bits per heavy atom. The van der Waals surface area contributed by atoms with Crippen LogP contribution in [0, 0.1) is 5.41 Å². The van der Waals surface area contributed by atoms with Gasteiger partial charge in [0.1, 0.15) is 0 Å². The fourth-order valence-corrected chi connectivity index (χ4v) is 4.13. The molecule has 27 heavy (non-hydrogen) atoms. The van der Waals surface area contributed by atoms with E-state index in [1.165, 1.54) is 0 Å². The maximum atomic E-state index is 12.7. The van der Waals surface area contributed by atoms with Gasteiger partial charge in [0.05, 0.1) is 29.5 Å². The molecule has 1 N–H and O–H groups in total. The minimum absolute atomic E-state index is 0.00467. The summed E-state index contributed by atoms with van der Waals surface area (Å²) in [4.78, 5) is 13.7. The van der Waals surface area contributed by atoms with Crippen molar-refractivity contribution in [3.63, 3.8) is 0 Å². The zero-order chi connectivity index (χ0) is 19.0. The van der Waals surface area contributed by atoms with E-state index in [-0.39, 0.29) is 11.3 Å². The summed E-state index contributed by atoms with van der Waals surface area (Å²) in [5.41, 5.74) is 1.86. The van der Waals surface area contributed by atoms with Crippen LogP contribution in [0.5, 0.6) is 0 Å². The van der Waals surface area contributed by atoms with E-state index in [9.17, 15) is 4.79 Å². The number of nitrogens with zero attached hydrogens (tertiary/aromatic N) is 2. The molecule has 5 nitrogen and oxygen atoms in total. The quantitative estimate of drug-likeness (QED) is 0.650. The third-order valence-electron chi connectivity index (χ3n) is 4.38. The van der Waals surface area contributed by atoms with Crippen molar-refractivity contribution in [3.05, 3.63) is 57.5 Å². The molecule has 0 unspecified atom stereocenters. The summed E-state index contributed by atoms with van der Waals surface area (Å²) in [5, 5.41) is 10.5. The first-order valence-electron chi connectivity index (χ1n) is 8.40. The molecule has 1 aliphatic heterocycles. The van der Waals surface area contributed by atoms with Crippen LogP contribution in [-0.2, 0) is 4.74 Å². The van der Waals surface area contributed by atoms with Crippen molar-refractivity contribution < 1.29 is 9.53 Å². The molecule has 3 heterocycles. The van der Waals surface area contributed by atoms with E-state index in [1.54, 1.807) is 40.3 Å². The van der Waals surface area contributed by atoms with E-state index >= 15 is 0 Å². The van der Waals surface area contributed by atoms with E-state index in [2.05, 4.69) is 17.3 Å². The molecule has 0 saturated carbocycles. The van der Waals surface area contributed by atoms with E-state index in [1.807, 2.05) is 17.5 Å². The minimum Gasteiger partial charge on any atom is -0.380 e. The Balaban J connectivity index is 1.68.